The largest absolute Gasteiger partial charge is 2.00 e. The van der Waals surface area contributed by atoms with Crippen molar-refractivity contribution in [1.82, 2.24) is 13.6 Å². The Labute approximate surface area is 162 Å². The van der Waals surface area contributed by atoms with E-state index in [1.807, 2.05) is 43.7 Å². The Morgan fingerprint density at radius 2 is 2.17 bits per heavy atom. The second-order valence-electron chi connectivity index (χ2n) is 5.57. The fourth-order valence-electron chi connectivity index (χ4n) is 2.87. The quantitative estimate of drug-likeness (QED) is 0.461. The van der Waals surface area contributed by atoms with Crippen molar-refractivity contribution in [1.29, 1.82) is 0 Å². The van der Waals surface area contributed by atoms with Crippen LogP contribution in [0.3, 0.4) is 0 Å². The van der Waals surface area contributed by atoms with Gasteiger partial charge in [0.15, 0.2) is 0 Å². The van der Waals surface area contributed by atoms with E-state index in [-0.39, 0.29) is 21.1 Å². The minimum atomic E-state index is 0. The maximum atomic E-state index is 5.69. The first-order valence-corrected chi connectivity index (χ1v) is 8.52. The average molecular weight is 509 g/mol. The third-order valence-corrected chi connectivity index (χ3v) is 4.40. The number of nitrogens with zero attached hydrogens (tertiary/aromatic N) is 3. The summed E-state index contributed by atoms with van der Waals surface area (Å²) in [6.07, 6.45) is 6.17. The zero-order valence-electron chi connectivity index (χ0n) is 13.5. The molecule has 1 aromatic carbocycles. The zero-order valence-corrected chi connectivity index (χ0v) is 17.3. The van der Waals surface area contributed by atoms with Gasteiger partial charge in [0.2, 0.25) is 0 Å². The number of ether oxygens (including phenoxy) is 1. The maximum Gasteiger partial charge on any atom is 2.00 e. The summed E-state index contributed by atoms with van der Waals surface area (Å²) < 4.78 is 13.5. The van der Waals surface area contributed by atoms with Crippen LogP contribution in [0.4, 0.5) is 0 Å². The molecule has 0 radical (unpaired) electrons. The molecule has 3 unspecified atom stereocenters. The molecule has 24 heavy (non-hydrogen) atoms. The molecule has 1 aromatic heterocycles. The average Bonchev–Trinajstić information content (AvgIpc) is 3.33. The SMILES string of the molecule is C[CH-]C#Cc1ccccc1.[W+2].[c-]1nsnc1OC1CN2CCC1C2. The van der Waals surface area contributed by atoms with Crippen molar-refractivity contribution in [2.45, 2.75) is 19.4 Å². The van der Waals surface area contributed by atoms with Crippen LogP contribution in [0.15, 0.2) is 30.3 Å². The molecule has 0 aliphatic carbocycles. The van der Waals surface area contributed by atoms with Crippen LogP contribution in [-0.2, 0) is 21.1 Å². The first-order chi connectivity index (χ1) is 11.3. The molecule has 2 fully saturated rings. The molecule has 4 rings (SSSR count). The molecule has 0 saturated carbocycles. The second-order valence-corrected chi connectivity index (χ2v) is 6.10. The summed E-state index contributed by atoms with van der Waals surface area (Å²) in [5.41, 5.74) is 1.07. The van der Waals surface area contributed by atoms with Crippen LogP contribution in [0.25, 0.3) is 0 Å². The number of hydrogen-bond donors (Lipinski definition) is 0. The van der Waals surface area contributed by atoms with Crippen LogP contribution < -0.4 is 4.74 Å². The summed E-state index contributed by atoms with van der Waals surface area (Å²) in [6, 6.07) is 9.95. The molecule has 2 aliphatic heterocycles. The van der Waals surface area contributed by atoms with Gasteiger partial charge in [-0.3, -0.25) is 22.9 Å². The predicted octanol–water partition coefficient (Wildman–Crippen LogP) is 2.68. The topological polar surface area (TPSA) is 38.3 Å². The van der Waals surface area contributed by atoms with Crippen molar-refractivity contribution in [3.8, 4) is 17.7 Å². The minimum Gasteiger partial charge on any atom is -0.504 e. The van der Waals surface area contributed by atoms with Gasteiger partial charge in [-0.2, -0.15) is 10.8 Å². The van der Waals surface area contributed by atoms with E-state index < -0.39 is 0 Å². The molecule has 6 heteroatoms. The number of aromatic nitrogens is 2. The third kappa shape index (κ3) is 5.34. The zero-order chi connectivity index (χ0) is 15.9. The van der Waals surface area contributed by atoms with Crippen LogP contribution in [0, 0.1) is 30.4 Å². The van der Waals surface area contributed by atoms with Crippen molar-refractivity contribution in [3.63, 3.8) is 0 Å². The minimum absolute atomic E-state index is 0. The molecule has 4 nitrogen and oxygen atoms in total. The number of piperidine rings is 1. The van der Waals surface area contributed by atoms with Gasteiger partial charge in [-0.15, -0.1) is 6.92 Å². The van der Waals surface area contributed by atoms with Gasteiger partial charge in [-0.1, -0.05) is 35.9 Å². The van der Waals surface area contributed by atoms with Crippen LogP contribution >= 0.6 is 11.7 Å². The fraction of sp³-hybridized carbons (Fsp3) is 0.389. The Hall–Kier alpha value is -1.34. The van der Waals surface area contributed by atoms with Crippen LogP contribution in [0.1, 0.15) is 18.9 Å². The van der Waals surface area contributed by atoms with Crippen molar-refractivity contribution in [2.24, 2.45) is 5.92 Å². The Bertz CT molecular complexity index is 654. The predicted molar refractivity (Wildman–Crippen MR) is 91.0 cm³/mol. The van der Waals surface area contributed by atoms with Gasteiger partial charge in [-0.05, 0) is 13.0 Å². The number of hydrogen-bond acceptors (Lipinski definition) is 5. The molecule has 0 N–H and O–H groups in total. The van der Waals surface area contributed by atoms with E-state index in [2.05, 4.69) is 31.7 Å². The summed E-state index contributed by atoms with van der Waals surface area (Å²) in [4.78, 5) is 2.44. The van der Waals surface area contributed by atoms with E-state index >= 15 is 0 Å². The molecule has 3 heterocycles. The van der Waals surface area contributed by atoms with Crippen molar-refractivity contribution < 1.29 is 25.8 Å². The molecule has 2 bridgehead atoms. The van der Waals surface area contributed by atoms with Gasteiger partial charge in [-0.25, -0.2) is 0 Å². The molecule has 0 spiro atoms. The van der Waals surface area contributed by atoms with Crippen molar-refractivity contribution in [3.05, 3.63) is 48.5 Å². The summed E-state index contributed by atoms with van der Waals surface area (Å²) in [7, 11) is 0. The molecule has 2 aliphatic rings. The van der Waals surface area contributed by atoms with Crippen LogP contribution in [-0.4, -0.2) is 39.4 Å². The Morgan fingerprint density at radius 3 is 2.75 bits per heavy atom. The normalized spacial score (nSPS) is 23.1. The summed E-state index contributed by atoms with van der Waals surface area (Å²) in [5.74, 6) is 7.15. The van der Waals surface area contributed by atoms with E-state index in [0.29, 0.717) is 17.9 Å². The van der Waals surface area contributed by atoms with E-state index in [1.165, 1.54) is 19.5 Å². The molecule has 2 aromatic rings. The van der Waals surface area contributed by atoms with E-state index in [1.54, 1.807) is 0 Å². The van der Waals surface area contributed by atoms with Gasteiger partial charge in [0.05, 0.1) is 5.88 Å². The number of fused-ring (bicyclic) bond motifs is 2. The third-order valence-electron chi connectivity index (χ3n) is 3.98. The first-order valence-electron chi connectivity index (χ1n) is 7.79. The molecule has 0 amide bonds. The number of rotatable bonds is 2. The van der Waals surface area contributed by atoms with Crippen molar-refractivity contribution in [2.75, 3.05) is 19.6 Å². The van der Waals surface area contributed by atoms with Crippen LogP contribution in [0.5, 0.6) is 5.88 Å². The Balaban J connectivity index is 0.000000173. The monoisotopic (exact) mass is 509 g/mol. The van der Waals surface area contributed by atoms with Gasteiger partial charge in [0.25, 0.3) is 0 Å². The smallest absolute Gasteiger partial charge is 0.504 e. The van der Waals surface area contributed by atoms with E-state index in [0.717, 1.165) is 23.8 Å². The Kier molecular flexibility index (Phi) is 7.78. The van der Waals surface area contributed by atoms with Crippen molar-refractivity contribution >= 4 is 11.7 Å². The summed E-state index contributed by atoms with van der Waals surface area (Å²) >= 11 is 1.15. The first kappa shape index (κ1) is 19.0. The van der Waals surface area contributed by atoms with E-state index in [4.69, 9.17) is 4.74 Å². The summed E-state index contributed by atoms with van der Waals surface area (Å²) in [5, 5.41) is 0. The molecular weight excluding hydrogens is 490 g/mol. The summed E-state index contributed by atoms with van der Waals surface area (Å²) in [6.45, 7) is 5.41. The molecule has 3 atom stereocenters. The second kappa shape index (κ2) is 9.83. The van der Waals surface area contributed by atoms with Gasteiger partial charge in [0.1, 0.15) is 6.10 Å². The van der Waals surface area contributed by atoms with E-state index in [9.17, 15) is 0 Å². The molecule has 124 valence electrons. The van der Waals surface area contributed by atoms with Gasteiger partial charge in [0, 0.05) is 30.7 Å². The molecule has 2 saturated heterocycles. The molecular formula is C18H19N3OSW. The fourth-order valence-corrected chi connectivity index (χ4v) is 3.19. The van der Waals surface area contributed by atoms with Crippen LogP contribution in [0.2, 0.25) is 0 Å². The van der Waals surface area contributed by atoms with Gasteiger partial charge >= 0.3 is 21.1 Å². The Morgan fingerprint density at radius 1 is 1.33 bits per heavy atom. The number of benzene rings is 1. The standard InChI is InChI=1S/C10H9.C8H10N3OS.W/c1-2-3-7-10-8-5-4-6-9-10;1-2-11-4-6(1)7(5-11)12-8-3-9-13-10-8;/h2,4-6,8-9H,1H3;6-7H,1-2,4-5H2;/q2*-1;+2. The van der Waals surface area contributed by atoms with Gasteiger partial charge < -0.3 is 9.11 Å². The maximum absolute atomic E-state index is 5.69.